The molecule has 1 fully saturated rings. The Hall–Kier alpha value is -1.40. The van der Waals surface area contributed by atoms with Crippen LogP contribution in [-0.2, 0) is 21.2 Å². The highest BCUT2D eigenvalue weighted by Gasteiger charge is 2.30. The standard InChI is InChI=1S/C19H30N2O3S/c1-2-3-16-25(23,24)21-14-11-18(12-15-21)19(22)20-13-7-10-17-8-5-4-6-9-17/h4-6,8-9,18H,2-3,7,10-16H2,1H3,(H,20,22). The van der Waals surface area contributed by atoms with Crippen molar-refractivity contribution in [1.29, 1.82) is 0 Å². The van der Waals surface area contributed by atoms with E-state index in [4.69, 9.17) is 0 Å². The van der Waals surface area contributed by atoms with Crippen LogP contribution in [0.2, 0.25) is 0 Å². The fraction of sp³-hybridized carbons (Fsp3) is 0.632. The van der Waals surface area contributed by atoms with E-state index in [1.807, 2.05) is 25.1 Å². The molecule has 1 heterocycles. The van der Waals surface area contributed by atoms with Crippen molar-refractivity contribution in [3.05, 3.63) is 35.9 Å². The van der Waals surface area contributed by atoms with Crippen LogP contribution >= 0.6 is 0 Å². The van der Waals surface area contributed by atoms with Gasteiger partial charge in [-0.25, -0.2) is 12.7 Å². The summed E-state index contributed by atoms with van der Waals surface area (Å²) in [5, 5.41) is 3.00. The van der Waals surface area contributed by atoms with E-state index in [-0.39, 0.29) is 17.6 Å². The van der Waals surface area contributed by atoms with Crippen molar-refractivity contribution in [2.24, 2.45) is 5.92 Å². The Morgan fingerprint density at radius 2 is 1.84 bits per heavy atom. The third kappa shape index (κ3) is 6.44. The Labute approximate surface area is 151 Å². The molecule has 6 heteroatoms. The van der Waals surface area contributed by atoms with Crippen LogP contribution in [0.4, 0.5) is 0 Å². The third-order valence-electron chi connectivity index (χ3n) is 4.76. The molecule has 0 saturated carbocycles. The maximum atomic E-state index is 12.3. The highest BCUT2D eigenvalue weighted by Crippen LogP contribution is 2.20. The topological polar surface area (TPSA) is 66.5 Å². The largest absolute Gasteiger partial charge is 0.356 e. The summed E-state index contributed by atoms with van der Waals surface area (Å²) < 4.78 is 25.9. The molecule has 5 nitrogen and oxygen atoms in total. The van der Waals surface area contributed by atoms with Gasteiger partial charge in [0.25, 0.3) is 0 Å². The number of nitrogens with one attached hydrogen (secondary N) is 1. The van der Waals surface area contributed by atoms with Crippen LogP contribution in [0.25, 0.3) is 0 Å². The Balaban J connectivity index is 1.67. The highest BCUT2D eigenvalue weighted by molar-refractivity contribution is 7.89. The summed E-state index contributed by atoms with van der Waals surface area (Å²) >= 11 is 0. The number of hydrogen-bond donors (Lipinski definition) is 1. The lowest BCUT2D eigenvalue weighted by atomic mass is 9.97. The van der Waals surface area contributed by atoms with Crippen molar-refractivity contribution < 1.29 is 13.2 Å². The summed E-state index contributed by atoms with van der Waals surface area (Å²) in [6.45, 7) is 3.59. The second kappa shape index (κ2) is 9.92. The number of sulfonamides is 1. The van der Waals surface area contributed by atoms with Crippen molar-refractivity contribution in [2.75, 3.05) is 25.4 Å². The van der Waals surface area contributed by atoms with Gasteiger partial charge in [0.05, 0.1) is 5.75 Å². The minimum Gasteiger partial charge on any atom is -0.356 e. The van der Waals surface area contributed by atoms with Crippen LogP contribution in [-0.4, -0.2) is 44.0 Å². The molecule has 1 saturated heterocycles. The van der Waals surface area contributed by atoms with Crippen LogP contribution in [0.15, 0.2) is 30.3 Å². The third-order valence-corrected chi connectivity index (χ3v) is 6.71. The monoisotopic (exact) mass is 366 g/mol. The molecule has 140 valence electrons. The predicted molar refractivity (Wildman–Crippen MR) is 101 cm³/mol. The molecular formula is C19H30N2O3S. The number of aryl methyl sites for hydroxylation is 1. The molecule has 1 aromatic carbocycles. The minimum absolute atomic E-state index is 0.0608. The number of amides is 1. The van der Waals surface area contributed by atoms with Gasteiger partial charge in [-0.3, -0.25) is 4.79 Å². The van der Waals surface area contributed by atoms with Gasteiger partial charge in [-0.1, -0.05) is 43.7 Å². The number of benzene rings is 1. The van der Waals surface area contributed by atoms with E-state index < -0.39 is 10.0 Å². The summed E-state index contributed by atoms with van der Waals surface area (Å²) in [4.78, 5) is 12.3. The summed E-state index contributed by atoms with van der Waals surface area (Å²) in [6.07, 6.45) is 4.69. The Morgan fingerprint density at radius 1 is 1.16 bits per heavy atom. The molecule has 0 aliphatic carbocycles. The maximum Gasteiger partial charge on any atom is 0.223 e. The lowest BCUT2D eigenvalue weighted by molar-refractivity contribution is -0.126. The predicted octanol–water partition coefficient (Wildman–Crippen LogP) is 2.58. The smallest absolute Gasteiger partial charge is 0.223 e. The molecule has 0 atom stereocenters. The van der Waals surface area contributed by atoms with Crippen molar-refractivity contribution in [2.45, 2.75) is 45.4 Å². The number of carbonyl (C=O) groups excluding carboxylic acids is 1. The van der Waals surface area contributed by atoms with Crippen LogP contribution in [0, 0.1) is 5.92 Å². The van der Waals surface area contributed by atoms with Crippen molar-refractivity contribution in [3.8, 4) is 0 Å². The van der Waals surface area contributed by atoms with Gasteiger partial charge in [0, 0.05) is 25.6 Å². The van der Waals surface area contributed by atoms with Gasteiger partial charge in [-0.2, -0.15) is 0 Å². The van der Waals surface area contributed by atoms with Gasteiger partial charge in [0.2, 0.25) is 15.9 Å². The maximum absolute atomic E-state index is 12.3. The molecule has 1 amide bonds. The quantitative estimate of drug-likeness (QED) is 0.683. The van der Waals surface area contributed by atoms with Crippen LogP contribution in [0.1, 0.15) is 44.6 Å². The van der Waals surface area contributed by atoms with E-state index in [0.29, 0.717) is 38.9 Å². The second-order valence-corrected chi connectivity index (χ2v) is 8.81. The first-order valence-corrected chi connectivity index (χ1v) is 10.9. The number of carbonyl (C=O) groups is 1. The van der Waals surface area contributed by atoms with E-state index in [1.165, 1.54) is 5.56 Å². The highest BCUT2D eigenvalue weighted by atomic mass is 32.2. The molecule has 0 aromatic heterocycles. The molecule has 1 N–H and O–H groups in total. The Morgan fingerprint density at radius 3 is 2.48 bits per heavy atom. The molecular weight excluding hydrogens is 336 g/mol. The van der Waals surface area contributed by atoms with Gasteiger partial charge in [-0.15, -0.1) is 0 Å². The molecule has 1 aliphatic heterocycles. The minimum atomic E-state index is -3.14. The first-order valence-electron chi connectivity index (χ1n) is 9.32. The van der Waals surface area contributed by atoms with E-state index in [9.17, 15) is 13.2 Å². The zero-order valence-corrected chi connectivity index (χ0v) is 15.9. The molecule has 0 radical (unpaired) electrons. The van der Waals surface area contributed by atoms with E-state index in [1.54, 1.807) is 4.31 Å². The second-order valence-electron chi connectivity index (χ2n) is 6.72. The average molecular weight is 367 g/mol. The van der Waals surface area contributed by atoms with Gasteiger partial charge in [0.1, 0.15) is 0 Å². The summed E-state index contributed by atoms with van der Waals surface area (Å²) in [5.74, 6) is 0.229. The summed E-state index contributed by atoms with van der Waals surface area (Å²) in [7, 11) is -3.14. The average Bonchev–Trinajstić information content (AvgIpc) is 2.64. The molecule has 0 bridgehead atoms. The summed E-state index contributed by atoms with van der Waals surface area (Å²) in [6, 6.07) is 10.2. The molecule has 1 aromatic rings. The van der Waals surface area contributed by atoms with Crippen molar-refractivity contribution in [1.82, 2.24) is 9.62 Å². The molecule has 0 spiro atoms. The van der Waals surface area contributed by atoms with Gasteiger partial charge >= 0.3 is 0 Å². The molecule has 0 unspecified atom stereocenters. The molecule has 25 heavy (non-hydrogen) atoms. The first-order chi connectivity index (χ1) is 12.0. The van der Waals surface area contributed by atoms with Gasteiger partial charge in [-0.05, 0) is 37.7 Å². The Bertz CT molecular complexity index is 623. The zero-order valence-electron chi connectivity index (χ0n) is 15.1. The van der Waals surface area contributed by atoms with Crippen LogP contribution < -0.4 is 5.32 Å². The number of piperidine rings is 1. The lowest BCUT2D eigenvalue weighted by Gasteiger charge is -2.30. The van der Waals surface area contributed by atoms with Gasteiger partial charge in [0.15, 0.2) is 0 Å². The first kappa shape index (κ1) is 19.9. The Kier molecular flexibility index (Phi) is 7.90. The van der Waals surface area contributed by atoms with Crippen molar-refractivity contribution >= 4 is 15.9 Å². The van der Waals surface area contributed by atoms with E-state index in [0.717, 1.165) is 19.3 Å². The van der Waals surface area contributed by atoms with E-state index >= 15 is 0 Å². The van der Waals surface area contributed by atoms with E-state index in [2.05, 4.69) is 17.4 Å². The van der Waals surface area contributed by atoms with Crippen LogP contribution in [0.3, 0.4) is 0 Å². The van der Waals surface area contributed by atoms with Gasteiger partial charge < -0.3 is 5.32 Å². The number of unbranched alkanes of at least 4 members (excludes halogenated alkanes) is 1. The normalized spacial score (nSPS) is 16.7. The number of nitrogens with zero attached hydrogens (tertiary/aromatic N) is 1. The zero-order chi connectivity index (χ0) is 18.1. The van der Waals surface area contributed by atoms with Crippen molar-refractivity contribution in [3.63, 3.8) is 0 Å². The SMILES string of the molecule is CCCCS(=O)(=O)N1CCC(C(=O)NCCCc2ccccc2)CC1. The number of hydrogen-bond acceptors (Lipinski definition) is 3. The molecule has 2 rings (SSSR count). The van der Waals surface area contributed by atoms with Crippen LogP contribution in [0.5, 0.6) is 0 Å². The fourth-order valence-electron chi connectivity index (χ4n) is 3.15. The summed E-state index contributed by atoms with van der Waals surface area (Å²) in [5.41, 5.74) is 1.28. The fourth-order valence-corrected chi connectivity index (χ4v) is 4.82. The molecule has 1 aliphatic rings. The lowest BCUT2D eigenvalue weighted by Crippen LogP contribution is -2.43. The number of rotatable bonds is 9.